The first kappa shape index (κ1) is 12.7. The summed E-state index contributed by atoms with van der Waals surface area (Å²) in [7, 11) is 0. The number of amides is 1. The van der Waals surface area contributed by atoms with Gasteiger partial charge in [0.05, 0.1) is 11.6 Å². The lowest BCUT2D eigenvalue weighted by molar-refractivity contribution is -0.118. The number of phenols is 1. The smallest absolute Gasteiger partial charge is 0.255 e. The average Bonchev–Trinajstić information content (AvgIpc) is 2.21. The van der Waals surface area contributed by atoms with Crippen LogP contribution in [0, 0.1) is 0 Å². The Hall–Kier alpha value is -1.36. The molecule has 0 aromatic heterocycles. The Kier molecular flexibility index (Phi) is 4.06. The van der Waals surface area contributed by atoms with Gasteiger partial charge in [-0.2, -0.15) is 0 Å². The molecule has 0 aliphatic rings. The minimum atomic E-state index is -0.564. The molecule has 2 N–H and O–H groups in total. The number of halogens is 1. The molecule has 1 aromatic carbocycles. The van der Waals surface area contributed by atoms with Gasteiger partial charge in [0.2, 0.25) is 0 Å². The van der Waals surface area contributed by atoms with Crippen LogP contribution in [0.4, 0.5) is 0 Å². The topological polar surface area (TPSA) is 66.4 Å². The van der Waals surface area contributed by atoms with Gasteiger partial charge in [0.25, 0.3) is 5.91 Å². The highest BCUT2D eigenvalue weighted by molar-refractivity contribution is 9.10. The fraction of sp³-hybridized carbons (Fsp3) is 0.273. The van der Waals surface area contributed by atoms with Gasteiger partial charge in [0.1, 0.15) is 5.75 Å². The van der Waals surface area contributed by atoms with E-state index in [-0.39, 0.29) is 17.1 Å². The highest BCUT2D eigenvalue weighted by Crippen LogP contribution is 2.21. The molecule has 1 rings (SSSR count). The van der Waals surface area contributed by atoms with Crippen LogP contribution in [0.3, 0.4) is 0 Å². The van der Waals surface area contributed by atoms with Crippen molar-refractivity contribution in [2.24, 2.45) is 0 Å². The van der Waals surface area contributed by atoms with Crippen molar-refractivity contribution in [1.29, 1.82) is 0 Å². The molecule has 1 atom stereocenters. The maximum absolute atomic E-state index is 11.7. The van der Waals surface area contributed by atoms with Crippen molar-refractivity contribution in [2.45, 2.75) is 19.9 Å². The molecule has 5 heteroatoms. The van der Waals surface area contributed by atoms with Crippen molar-refractivity contribution < 1.29 is 14.7 Å². The van der Waals surface area contributed by atoms with E-state index in [4.69, 9.17) is 0 Å². The second-order valence-electron chi connectivity index (χ2n) is 3.47. The number of hydrogen-bond acceptors (Lipinski definition) is 3. The van der Waals surface area contributed by atoms with E-state index < -0.39 is 11.9 Å². The molecule has 1 amide bonds. The Balaban J connectivity index is 2.88. The molecule has 1 unspecified atom stereocenters. The van der Waals surface area contributed by atoms with E-state index in [0.29, 0.717) is 4.47 Å². The minimum absolute atomic E-state index is 0.114. The number of carbonyl (C=O) groups is 2. The van der Waals surface area contributed by atoms with E-state index in [2.05, 4.69) is 21.2 Å². The second kappa shape index (κ2) is 5.12. The van der Waals surface area contributed by atoms with Gasteiger partial charge in [-0.3, -0.25) is 9.59 Å². The lowest BCUT2D eigenvalue weighted by Gasteiger charge is -2.11. The van der Waals surface area contributed by atoms with Crippen LogP contribution < -0.4 is 5.32 Å². The number of rotatable bonds is 3. The average molecular weight is 286 g/mol. The van der Waals surface area contributed by atoms with Crippen LogP contribution >= 0.6 is 15.9 Å². The van der Waals surface area contributed by atoms with Crippen LogP contribution in [-0.4, -0.2) is 22.8 Å². The van der Waals surface area contributed by atoms with E-state index in [1.807, 2.05) is 0 Å². The number of Topliss-reactive ketones (excluding diaryl/α,β-unsaturated/α-hetero) is 1. The van der Waals surface area contributed by atoms with Crippen molar-refractivity contribution in [3.05, 3.63) is 28.2 Å². The van der Waals surface area contributed by atoms with E-state index in [1.165, 1.54) is 19.1 Å². The first-order valence-corrected chi connectivity index (χ1v) is 5.51. The normalized spacial score (nSPS) is 11.9. The first-order valence-electron chi connectivity index (χ1n) is 4.71. The summed E-state index contributed by atoms with van der Waals surface area (Å²) in [6.07, 6.45) is 0. The van der Waals surface area contributed by atoms with Crippen molar-refractivity contribution in [3.8, 4) is 5.75 Å². The van der Waals surface area contributed by atoms with Crippen molar-refractivity contribution >= 4 is 27.6 Å². The fourth-order valence-corrected chi connectivity index (χ4v) is 1.43. The third-order valence-corrected chi connectivity index (χ3v) is 2.65. The van der Waals surface area contributed by atoms with Gasteiger partial charge in [-0.25, -0.2) is 0 Å². The molecule has 1 aromatic rings. The Morgan fingerprint density at radius 1 is 1.44 bits per heavy atom. The Morgan fingerprint density at radius 3 is 2.62 bits per heavy atom. The first-order chi connectivity index (χ1) is 7.41. The third-order valence-electron chi connectivity index (χ3n) is 2.16. The van der Waals surface area contributed by atoms with Crippen molar-refractivity contribution in [1.82, 2.24) is 5.32 Å². The maximum Gasteiger partial charge on any atom is 0.255 e. The lowest BCUT2D eigenvalue weighted by atomic mass is 10.1. The van der Waals surface area contributed by atoms with Crippen molar-refractivity contribution in [2.75, 3.05) is 0 Å². The molecule has 86 valence electrons. The van der Waals surface area contributed by atoms with Crippen LogP contribution in [0.5, 0.6) is 5.75 Å². The van der Waals surface area contributed by atoms with Crippen molar-refractivity contribution in [3.63, 3.8) is 0 Å². The number of phenolic OH excluding ortho intramolecular Hbond substituents is 1. The number of benzene rings is 1. The molecule has 4 nitrogen and oxygen atoms in total. The van der Waals surface area contributed by atoms with Crippen LogP contribution in [0.2, 0.25) is 0 Å². The van der Waals surface area contributed by atoms with Crippen LogP contribution in [0.15, 0.2) is 22.7 Å². The van der Waals surface area contributed by atoms with Gasteiger partial charge >= 0.3 is 0 Å². The third kappa shape index (κ3) is 3.06. The van der Waals surface area contributed by atoms with Gasteiger partial charge < -0.3 is 10.4 Å². The van der Waals surface area contributed by atoms with E-state index in [1.54, 1.807) is 13.0 Å². The quantitative estimate of drug-likeness (QED) is 0.891. The largest absolute Gasteiger partial charge is 0.507 e. The zero-order valence-electron chi connectivity index (χ0n) is 8.95. The summed E-state index contributed by atoms with van der Waals surface area (Å²) >= 11 is 3.20. The zero-order chi connectivity index (χ0) is 12.3. The number of hydrogen-bond donors (Lipinski definition) is 2. The predicted molar refractivity (Wildman–Crippen MR) is 63.4 cm³/mol. The summed E-state index contributed by atoms with van der Waals surface area (Å²) in [5.41, 5.74) is 0.141. The van der Waals surface area contributed by atoms with Crippen LogP contribution in [0.25, 0.3) is 0 Å². The fourth-order valence-electron chi connectivity index (χ4n) is 1.07. The van der Waals surface area contributed by atoms with Crippen LogP contribution in [-0.2, 0) is 4.79 Å². The van der Waals surface area contributed by atoms with Gasteiger partial charge in [0, 0.05) is 4.47 Å². The molecular weight excluding hydrogens is 274 g/mol. The highest BCUT2D eigenvalue weighted by Gasteiger charge is 2.16. The maximum atomic E-state index is 11.7. The standard InChI is InChI=1S/C11H12BrNO3/c1-6(7(2)14)13-11(16)9-5-8(12)3-4-10(9)15/h3-6,15H,1-2H3,(H,13,16). The summed E-state index contributed by atoms with van der Waals surface area (Å²) in [6.45, 7) is 2.99. The van der Waals surface area contributed by atoms with E-state index >= 15 is 0 Å². The molecule has 16 heavy (non-hydrogen) atoms. The number of nitrogens with one attached hydrogen (secondary N) is 1. The van der Waals surface area contributed by atoms with Gasteiger partial charge in [-0.1, -0.05) is 15.9 Å². The second-order valence-corrected chi connectivity index (χ2v) is 4.38. The summed E-state index contributed by atoms with van der Waals surface area (Å²) in [5, 5.41) is 12.0. The monoisotopic (exact) mass is 285 g/mol. The summed E-state index contributed by atoms with van der Waals surface area (Å²) in [4.78, 5) is 22.7. The van der Waals surface area contributed by atoms with E-state index in [9.17, 15) is 14.7 Å². The van der Waals surface area contributed by atoms with Gasteiger partial charge in [-0.15, -0.1) is 0 Å². The molecule has 0 spiro atoms. The number of ketones is 1. The lowest BCUT2D eigenvalue weighted by Crippen LogP contribution is -2.37. The predicted octanol–water partition coefficient (Wildman–Crippen LogP) is 1.86. The minimum Gasteiger partial charge on any atom is -0.507 e. The summed E-state index contributed by atoms with van der Waals surface area (Å²) in [5.74, 6) is -0.721. The van der Waals surface area contributed by atoms with Gasteiger partial charge in [-0.05, 0) is 32.0 Å². The Bertz CT molecular complexity index is 431. The Morgan fingerprint density at radius 2 is 2.06 bits per heavy atom. The molecule has 0 fully saturated rings. The Labute approximate surface area is 102 Å². The molecule has 0 aliphatic carbocycles. The molecule has 0 aliphatic heterocycles. The molecular formula is C11H12BrNO3. The number of carbonyl (C=O) groups excluding carboxylic acids is 2. The van der Waals surface area contributed by atoms with Gasteiger partial charge in [0.15, 0.2) is 5.78 Å². The molecule has 0 saturated carbocycles. The molecule has 0 heterocycles. The summed E-state index contributed by atoms with van der Waals surface area (Å²) < 4.78 is 0.686. The molecule has 0 bridgehead atoms. The number of aromatic hydroxyl groups is 1. The molecule has 0 saturated heterocycles. The SMILES string of the molecule is CC(=O)C(C)NC(=O)c1cc(Br)ccc1O. The van der Waals surface area contributed by atoms with E-state index in [0.717, 1.165) is 0 Å². The van der Waals surface area contributed by atoms with Crippen LogP contribution in [0.1, 0.15) is 24.2 Å². The summed E-state index contributed by atoms with van der Waals surface area (Å²) in [6, 6.07) is 3.97. The zero-order valence-corrected chi connectivity index (χ0v) is 10.5. The molecule has 0 radical (unpaired) electrons. The highest BCUT2D eigenvalue weighted by atomic mass is 79.9.